The molecule has 1 aliphatic heterocycles. The molecule has 1 aromatic carbocycles. The molecule has 1 amide bonds. The van der Waals surface area contributed by atoms with E-state index in [1.807, 2.05) is 41.3 Å². The fourth-order valence-corrected chi connectivity index (χ4v) is 2.63. The molecule has 2 rings (SSSR count). The Balaban J connectivity index is 1.98. The molecule has 1 fully saturated rings. The van der Waals surface area contributed by atoms with E-state index < -0.39 is 0 Å². The van der Waals surface area contributed by atoms with E-state index in [2.05, 4.69) is 23.4 Å². The first-order valence-corrected chi connectivity index (χ1v) is 7.77. The summed E-state index contributed by atoms with van der Waals surface area (Å²) in [6.45, 7) is 13.4. The first kappa shape index (κ1) is 16.5. The summed E-state index contributed by atoms with van der Waals surface area (Å²) in [7, 11) is 0. The molecule has 4 heteroatoms. The summed E-state index contributed by atoms with van der Waals surface area (Å²) in [4.78, 5) is 16.6. The molecule has 1 aliphatic rings. The van der Waals surface area contributed by atoms with Gasteiger partial charge in [-0.2, -0.15) is 0 Å². The van der Waals surface area contributed by atoms with Crippen LogP contribution in [0.1, 0.15) is 15.9 Å². The Morgan fingerprint density at radius 1 is 1.14 bits per heavy atom. The fraction of sp³-hybridized carbons (Fsp3) is 0.389. The zero-order valence-corrected chi connectivity index (χ0v) is 13.1. The highest BCUT2D eigenvalue weighted by atomic mass is 16.2. The van der Waals surface area contributed by atoms with Crippen molar-refractivity contribution in [1.82, 2.24) is 15.1 Å². The zero-order valence-electron chi connectivity index (χ0n) is 13.1. The Bertz CT molecular complexity index is 494. The van der Waals surface area contributed by atoms with Gasteiger partial charge in [0.25, 0.3) is 5.91 Å². The van der Waals surface area contributed by atoms with Crippen LogP contribution < -0.4 is 5.32 Å². The smallest absolute Gasteiger partial charge is 0.253 e. The second-order valence-electron chi connectivity index (χ2n) is 5.51. The molecular formula is C18H25N3O. The molecule has 118 valence electrons. The molecule has 1 N–H and O–H groups in total. The first-order chi connectivity index (χ1) is 10.7. The van der Waals surface area contributed by atoms with Gasteiger partial charge in [0, 0.05) is 51.4 Å². The number of rotatable bonds is 7. The fourth-order valence-electron chi connectivity index (χ4n) is 2.63. The highest BCUT2D eigenvalue weighted by Crippen LogP contribution is 2.11. The summed E-state index contributed by atoms with van der Waals surface area (Å²) in [6, 6.07) is 7.93. The summed E-state index contributed by atoms with van der Waals surface area (Å²) in [5, 5.41) is 3.26. The van der Waals surface area contributed by atoms with Crippen LogP contribution in [0.2, 0.25) is 0 Å². The van der Waals surface area contributed by atoms with E-state index in [1.54, 1.807) is 0 Å². The molecule has 0 atom stereocenters. The number of piperazine rings is 1. The van der Waals surface area contributed by atoms with Crippen molar-refractivity contribution in [3.63, 3.8) is 0 Å². The molecule has 22 heavy (non-hydrogen) atoms. The van der Waals surface area contributed by atoms with E-state index in [0.717, 1.165) is 51.4 Å². The van der Waals surface area contributed by atoms with E-state index in [1.165, 1.54) is 5.56 Å². The molecule has 0 saturated carbocycles. The van der Waals surface area contributed by atoms with Crippen LogP contribution in [0.25, 0.3) is 0 Å². The Morgan fingerprint density at radius 2 is 1.73 bits per heavy atom. The maximum absolute atomic E-state index is 12.4. The van der Waals surface area contributed by atoms with Crippen molar-refractivity contribution in [2.45, 2.75) is 6.54 Å². The second kappa shape index (κ2) is 8.51. The lowest BCUT2D eigenvalue weighted by Crippen LogP contribution is -2.46. The van der Waals surface area contributed by atoms with Crippen molar-refractivity contribution < 1.29 is 4.79 Å². The maximum atomic E-state index is 12.4. The SMILES string of the molecule is C=CCN(CC=C)Cc1ccc(C(=O)N2CCNCC2)cc1. The molecule has 0 bridgehead atoms. The number of benzene rings is 1. The molecular weight excluding hydrogens is 274 g/mol. The van der Waals surface area contributed by atoms with Gasteiger partial charge in [-0.1, -0.05) is 24.3 Å². The summed E-state index contributed by atoms with van der Waals surface area (Å²) in [5.74, 6) is 0.127. The standard InChI is InChI=1S/C18H25N3O/c1-3-11-20(12-4-2)15-16-5-7-17(8-6-16)18(22)21-13-9-19-10-14-21/h3-8,19H,1-2,9-15H2. The third kappa shape index (κ3) is 4.55. The van der Waals surface area contributed by atoms with Crippen LogP contribution in [0.4, 0.5) is 0 Å². The minimum atomic E-state index is 0.127. The lowest BCUT2D eigenvalue weighted by molar-refractivity contribution is 0.0736. The third-order valence-electron chi connectivity index (χ3n) is 3.79. The third-order valence-corrected chi connectivity index (χ3v) is 3.79. The number of amides is 1. The number of hydrogen-bond acceptors (Lipinski definition) is 3. The van der Waals surface area contributed by atoms with Crippen LogP contribution in [-0.2, 0) is 6.54 Å². The Kier molecular flexibility index (Phi) is 6.37. The summed E-state index contributed by atoms with van der Waals surface area (Å²) in [6.07, 6.45) is 3.79. The van der Waals surface area contributed by atoms with Crippen LogP contribution in [0.15, 0.2) is 49.6 Å². The van der Waals surface area contributed by atoms with E-state index in [9.17, 15) is 4.79 Å². The monoisotopic (exact) mass is 299 g/mol. The van der Waals surface area contributed by atoms with Gasteiger partial charge < -0.3 is 10.2 Å². The van der Waals surface area contributed by atoms with E-state index >= 15 is 0 Å². The highest BCUT2D eigenvalue weighted by molar-refractivity contribution is 5.94. The van der Waals surface area contributed by atoms with Gasteiger partial charge in [-0.3, -0.25) is 9.69 Å². The summed E-state index contributed by atoms with van der Waals surface area (Å²) < 4.78 is 0. The minimum absolute atomic E-state index is 0.127. The Labute approximate surface area is 133 Å². The van der Waals surface area contributed by atoms with Crippen molar-refractivity contribution in [3.8, 4) is 0 Å². The van der Waals surface area contributed by atoms with Crippen molar-refractivity contribution in [3.05, 3.63) is 60.7 Å². The number of nitrogens with one attached hydrogen (secondary N) is 1. The van der Waals surface area contributed by atoms with Gasteiger partial charge in [-0.25, -0.2) is 0 Å². The molecule has 0 aromatic heterocycles. The van der Waals surface area contributed by atoms with Crippen molar-refractivity contribution in [2.24, 2.45) is 0 Å². The molecule has 0 spiro atoms. The Hall–Kier alpha value is -1.91. The average Bonchev–Trinajstić information content (AvgIpc) is 2.56. The average molecular weight is 299 g/mol. The van der Waals surface area contributed by atoms with Gasteiger partial charge in [0.15, 0.2) is 0 Å². The molecule has 0 unspecified atom stereocenters. The topological polar surface area (TPSA) is 35.6 Å². The van der Waals surface area contributed by atoms with Crippen LogP contribution in [0.3, 0.4) is 0 Å². The largest absolute Gasteiger partial charge is 0.336 e. The molecule has 0 radical (unpaired) electrons. The molecule has 1 aromatic rings. The highest BCUT2D eigenvalue weighted by Gasteiger charge is 2.17. The van der Waals surface area contributed by atoms with Gasteiger partial charge in [0.1, 0.15) is 0 Å². The van der Waals surface area contributed by atoms with Gasteiger partial charge in [0.2, 0.25) is 0 Å². The van der Waals surface area contributed by atoms with Crippen LogP contribution >= 0.6 is 0 Å². The summed E-state index contributed by atoms with van der Waals surface area (Å²) in [5.41, 5.74) is 1.96. The van der Waals surface area contributed by atoms with E-state index in [0.29, 0.717) is 0 Å². The predicted octanol–water partition coefficient (Wildman–Crippen LogP) is 1.91. The van der Waals surface area contributed by atoms with E-state index in [-0.39, 0.29) is 5.91 Å². The van der Waals surface area contributed by atoms with Gasteiger partial charge >= 0.3 is 0 Å². The van der Waals surface area contributed by atoms with Crippen LogP contribution in [0, 0.1) is 0 Å². The molecule has 1 heterocycles. The number of hydrogen-bond donors (Lipinski definition) is 1. The Morgan fingerprint density at radius 3 is 2.27 bits per heavy atom. The first-order valence-electron chi connectivity index (χ1n) is 7.77. The minimum Gasteiger partial charge on any atom is -0.336 e. The maximum Gasteiger partial charge on any atom is 0.253 e. The number of nitrogens with zero attached hydrogens (tertiary/aromatic N) is 2. The van der Waals surface area contributed by atoms with Crippen molar-refractivity contribution >= 4 is 5.91 Å². The number of carbonyl (C=O) groups excluding carboxylic acids is 1. The van der Waals surface area contributed by atoms with E-state index in [4.69, 9.17) is 0 Å². The zero-order chi connectivity index (χ0) is 15.8. The van der Waals surface area contributed by atoms with Gasteiger partial charge in [0.05, 0.1) is 0 Å². The molecule has 1 saturated heterocycles. The van der Waals surface area contributed by atoms with Crippen molar-refractivity contribution in [2.75, 3.05) is 39.3 Å². The normalized spacial score (nSPS) is 14.9. The van der Waals surface area contributed by atoms with Crippen molar-refractivity contribution in [1.29, 1.82) is 0 Å². The molecule has 0 aliphatic carbocycles. The second-order valence-corrected chi connectivity index (χ2v) is 5.51. The predicted molar refractivity (Wildman–Crippen MR) is 90.9 cm³/mol. The number of carbonyl (C=O) groups is 1. The van der Waals surface area contributed by atoms with Crippen LogP contribution in [-0.4, -0.2) is 55.0 Å². The quantitative estimate of drug-likeness (QED) is 0.781. The lowest BCUT2D eigenvalue weighted by atomic mass is 10.1. The van der Waals surface area contributed by atoms with Gasteiger partial charge in [-0.05, 0) is 17.7 Å². The summed E-state index contributed by atoms with van der Waals surface area (Å²) >= 11 is 0. The van der Waals surface area contributed by atoms with Crippen LogP contribution in [0.5, 0.6) is 0 Å². The lowest BCUT2D eigenvalue weighted by Gasteiger charge is -2.27. The van der Waals surface area contributed by atoms with Gasteiger partial charge in [-0.15, -0.1) is 13.2 Å². The molecule has 4 nitrogen and oxygen atoms in total.